The van der Waals surface area contributed by atoms with E-state index in [1.165, 1.54) is 0 Å². The predicted molar refractivity (Wildman–Crippen MR) is 94.4 cm³/mol. The van der Waals surface area contributed by atoms with Crippen LogP contribution in [-0.4, -0.2) is 55.5 Å². The van der Waals surface area contributed by atoms with Crippen molar-refractivity contribution in [2.75, 3.05) is 45.6 Å². The number of rotatable bonds is 6. The van der Waals surface area contributed by atoms with Gasteiger partial charge < -0.3 is 20.3 Å². The molecular weight excluding hydrogens is 290 g/mol. The Bertz CT molecular complexity index is 549. The van der Waals surface area contributed by atoms with E-state index in [1.54, 1.807) is 6.08 Å². The third-order valence-electron chi connectivity index (χ3n) is 4.02. The molecule has 0 saturated carbocycles. The van der Waals surface area contributed by atoms with Gasteiger partial charge in [0.25, 0.3) is 0 Å². The number of piperazine rings is 1. The number of anilines is 1. The molecule has 0 aliphatic carbocycles. The zero-order valence-electron chi connectivity index (χ0n) is 14.1. The van der Waals surface area contributed by atoms with Gasteiger partial charge in [0.1, 0.15) is 5.75 Å². The molecule has 1 fully saturated rings. The van der Waals surface area contributed by atoms with Gasteiger partial charge in [-0.05, 0) is 37.2 Å². The van der Waals surface area contributed by atoms with Crippen LogP contribution in [-0.2, 0) is 4.79 Å². The molecule has 1 aliphatic rings. The van der Waals surface area contributed by atoms with Crippen LogP contribution in [0, 0.1) is 0 Å². The highest BCUT2D eigenvalue weighted by atomic mass is 16.5. The average Bonchev–Trinajstić information content (AvgIpc) is 2.55. The van der Waals surface area contributed by atoms with E-state index in [-0.39, 0.29) is 5.91 Å². The zero-order valence-corrected chi connectivity index (χ0v) is 14.1. The van der Waals surface area contributed by atoms with Crippen LogP contribution in [0.4, 0.5) is 5.69 Å². The fraction of sp³-hybridized carbons (Fsp3) is 0.500. The van der Waals surface area contributed by atoms with Crippen LogP contribution in [0.25, 0.3) is 6.08 Å². The van der Waals surface area contributed by atoms with Crippen LogP contribution >= 0.6 is 0 Å². The van der Waals surface area contributed by atoms with Crippen LogP contribution in [0.1, 0.15) is 25.3 Å². The number of ether oxygens (including phenoxy) is 1. The fourth-order valence-electron chi connectivity index (χ4n) is 2.43. The summed E-state index contributed by atoms with van der Waals surface area (Å²) in [7, 11) is 2.07. The first kappa shape index (κ1) is 17.3. The summed E-state index contributed by atoms with van der Waals surface area (Å²) in [6.45, 7) is 6.22. The van der Waals surface area contributed by atoms with Gasteiger partial charge in [-0.2, -0.15) is 0 Å². The van der Waals surface area contributed by atoms with Crippen molar-refractivity contribution in [3.05, 3.63) is 29.8 Å². The smallest absolute Gasteiger partial charge is 0.246 e. The van der Waals surface area contributed by atoms with Crippen molar-refractivity contribution >= 4 is 17.7 Å². The Morgan fingerprint density at radius 2 is 2.04 bits per heavy atom. The molecule has 0 spiro atoms. The first-order valence-corrected chi connectivity index (χ1v) is 8.28. The minimum Gasteiger partial charge on any atom is -0.491 e. The lowest BCUT2D eigenvalue weighted by Crippen LogP contribution is -2.46. The second kappa shape index (κ2) is 8.58. The number of hydrogen-bond donors (Lipinski definition) is 1. The van der Waals surface area contributed by atoms with Crippen molar-refractivity contribution in [3.8, 4) is 5.75 Å². The third-order valence-corrected chi connectivity index (χ3v) is 4.02. The molecule has 0 unspecified atom stereocenters. The van der Waals surface area contributed by atoms with Crippen LogP contribution in [0.5, 0.6) is 5.75 Å². The van der Waals surface area contributed by atoms with E-state index in [0.29, 0.717) is 18.0 Å². The summed E-state index contributed by atoms with van der Waals surface area (Å²) >= 11 is 0. The largest absolute Gasteiger partial charge is 0.491 e. The van der Waals surface area contributed by atoms with Crippen molar-refractivity contribution in [1.29, 1.82) is 0 Å². The third kappa shape index (κ3) is 5.28. The van der Waals surface area contributed by atoms with Crippen molar-refractivity contribution in [3.63, 3.8) is 0 Å². The number of likely N-dealkylation sites (N-methyl/N-ethyl adjacent to an activating group) is 1. The predicted octanol–water partition coefficient (Wildman–Crippen LogP) is 2.23. The summed E-state index contributed by atoms with van der Waals surface area (Å²) < 4.78 is 5.63. The molecule has 5 heteroatoms. The summed E-state index contributed by atoms with van der Waals surface area (Å²) in [5.41, 5.74) is 7.53. The van der Waals surface area contributed by atoms with Gasteiger partial charge in [-0.1, -0.05) is 19.4 Å². The lowest BCUT2D eigenvalue weighted by molar-refractivity contribution is -0.127. The molecule has 2 N–H and O–H groups in total. The Labute approximate surface area is 138 Å². The van der Waals surface area contributed by atoms with Gasteiger partial charge in [-0.25, -0.2) is 0 Å². The average molecular weight is 317 g/mol. The van der Waals surface area contributed by atoms with Gasteiger partial charge in [0.15, 0.2) is 0 Å². The fourth-order valence-corrected chi connectivity index (χ4v) is 2.43. The van der Waals surface area contributed by atoms with Crippen LogP contribution in [0.3, 0.4) is 0 Å². The highest BCUT2D eigenvalue weighted by Crippen LogP contribution is 2.23. The molecule has 1 aromatic carbocycles. The quantitative estimate of drug-likeness (QED) is 0.496. The summed E-state index contributed by atoms with van der Waals surface area (Å²) in [6.07, 6.45) is 5.54. The lowest BCUT2D eigenvalue weighted by Gasteiger charge is -2.31. The van der Waals surface area contributed by atoms with E-state index < -0.39 is 0 Å². The standard InChI is InChI=1S/C18H27N3O2/c1-3-4-13-23-17-7-5-15(14-16(17)19)6-8-18(22)21-11-9-20(2)10-12-21/h5-8,14H,3-4,9-13,19H2,1-2H3/b8-6-. The number of nitrogens with zero attached hydrogens (tertiary/aromatic N) is 2. The van der Waals surface area contributed by atoms with Gasteiger partial charge in [0.2, 0.25) is 5.91 Å². The van der Waals surface area contributed by atoms with E-state index in [2.05, 4.69) is 18.9 Å². The summed E-state index contributed by atoms with van der Waals surface area (Å²) in [6, 6.07) is 5.63. The molecule has 0 radical (unpaired) electrons. The SMILES string of the molecule is CCCCOc1ccc(/C=C\C(=O)N2CCN(C)CC2)cc1N. The minimum absolute atomic E-state index is 0.0555. The van der Waals surface area contributed by atoms with E-state index in [0.717, 1.165) is 44.6 Å². The molecule has 2 rings (SSSR count). The normalized spacial score (nSPS) is 16.0. The monoisotopic (exact) mass is 317 g/mol. The second-order valence-corrected chi connectivity index (χ2v) is 5.96. The summed E-state index contributed by atoms with van der Waals surface area (Å²) in [4.78, 5) is 16.3. The van der Waals surface area contributed by atoms with E-state index in [4.69, 9.17) is 10.5 Å². The zero-order chi connectivity index (χ0) is 16.7. The lowest BCUT2D eigenvalue weighted by atomic mass is 10.1. The molecule has 0 bridgehead atoms. The molecule has 1 aliphatic heterocycles. The number of carbonyl (C=O) groups is 1. The highest BCUT2D eigenvalue weighted by Gasteiger charge is 2.16. The molecule has 1 saturated heterocycles. The molecular formula is C18H27N3O2. The van der Waals surface area contributed by atoms with Crippen molar-refractivity contribution in [2.24, 2.45) is 0 Å². The Balaban J connectivity index is 1.91. The first-order valence-electron chi connectivity index (χ1n) is 8.28. The Morgan fingerprint density at radius 3 is 2.70 bits per heavy atom. The molecule has 5 nitrogen and oxygen atoms in total. The maximum absolute atomic E-state index is 12.2. The Morgan fingerprint density at radius 1 is 1.30 bits per heavy atom. The molecule has 0 aromatic heterocycles. The number of carbonyl (C=O) groups excluding carboxylic acids is 1. The summed E-state index contributed by atoms with van der Waals surface area (Å²) in [5.74, 6) is 0.765. The van der Waals surface area contributed by atoms with Crippen molar-refractivity contribution in [1.82, 2.24) is 9.80 Å². The molecule has 1 amide bonds. The maximum atomic E-state index is 12.2. The van der Waals surface area contributed by atoms with Crippen LogP contribution in [0.15, 0.2) is 24.3 Å². The number of unbranched alkanes of at least 4 members (excludes halogenated alkanes) is 1. The molecule has 1 aromatic rings. The topological polar surface area (TPSA) is 58.8 Å². The minimum atomic E-state index is 0.0555. The number of nitrogens with two attached hydrogens (primary N) is 1. The molecule has 1 heterocycles. The number of amides is 1. The molecule has 23 heavy (non-hydrogen) atoms. The van der Waals surface area contributed by atoms with E-state index in [9.17, 15) is 4.79 Å². The van der Waals surface area contributed by atoms with Gasteiger partial charge in [0, 0.05) is 32.3 Å². The van der Waals surface area contributed by atoms with Gasteiger partial charge in [-0.15, -0.1) is 0 Å². The second-order valence-electron chi connectivity index (χ2n) is 5.96. The Hall–Kier alpha value is -2.01. The van der Waals surface area contributed by atoms with E-state index >= 15 is 0 Å². The van der Waals surface area contributed by atoms with Gasteiger partial charge in [-0.3, -0.25) is 4.79 Å². The number of hydrogen-bond acceptors (Lipinski definition) is 4. The molecule has 0 atom stereocenters. The Kier molecular flexibility index (Phi) is 6.47. The van der Waals surface area contributed by atoms with Crippen molar-refractivity contribution < 1.29 is 9.53 Å². The van der Waals surface area contributed by atoms with Crippen LogP contribution < -0.4 is 10.5 Å². The van der Waals surface area contributed by atoms with Crippen LogP contribution in [0.2, 0.25) is 0 Å². The molecule has 126 valence electrons. The van der Waals surface area contributed by atoms with Crippen molar-refractivity contribution in [2.45, 2.75) is 19.8 Å². The van der Waals surface area contributed by atoms with Gasteiger partial charge >= 0.3 is 0 Å². The maximum Gasteiger partial charge on any atom is 0.246 e. The van der Waals surface area contributed by atoms with Gasteiger partial charge in [0.05, 0.1) is 12.3 Å². The number of benzene rings is 1. The first-order chi connectivity index (χ1) is 11.1. The highest BCUT2D eigenvalue weighted by molar-refractivity contribution is 5.92. The number of nitrogen functional groups attached to an aromatic ring is 1. The summed E-state index contributed by atoms with van der Waals surface area (Å²) in [5, 5.41) is 0. The van der Waals surface area contributed by atoms with E-state index in [1.807, 2.05) is 29.2 Å².